The van der Waals surface area contributed by atoms with Gasteiger partial charge in [-0.05, 0) is 43.3 Å². The fourth-order valence-corrected chi connectivity index (χ4v) is 2.99. The topological polar surface area (TPSA) is 59.3 Å². The lowest BCUT2D eigenvalue weighted by Crippen LogP contribution is -2.22. The highest BCUT2D eigenvalue weighted by molar-refractivity contribution is 9.10. The van der Waals surface area contributed by atoms with Crippen molar-refractivity contribution in [3.05, 3.63) is 53.1 Å². The van der Waals surface area contributed by atoms with E-state index in [2.05, 4.69) is 31.4 Å². The van der Waals surface area contributed by atoms with Crippen LogP contribution in [0, 0.1) is 0 Å². The first kappa shape index (κ1) is 15.1. The van der Waals surface area contributed by atoms with Gasteiger partial charge < -0.3 is 5.32 Å². The highest BCUT2D eigenvalue weighted by Crippen LogP contribution is 2.23. The Balaban J connectivity index is 1.69. The first-order chi connectivity index (χ1) is 10.6. The van der Waals surface area contributed by atoms with Crippen LogP contribution in [0.3, 0.4) is 0 Å². The van der Waals surface area contributed by atoms with E-state index in [1.807, 2.05) is 60.0 Å². The summed E-state index contributed by atoms with van der Waals surface area (Å²) in [6, 6.07) is 13.2. The third-order valence-corrected chi connectivity index (χ3v) is 4.63. The molecule has 112 valence electrons. The number of rotatable bonds is 4. The average Bonchev–Trinajstić information content (AvgIpc) is 2.93. The number of aromatic nitrogens is 3. The van der Waals surface area contributed by atoms with Crippen LogP contribution in [-0.2, 0) is 4.79 Å². The molecule has 0 aliphatic heterocycles. The van der Waals surface area contributed by atoms with E-state index in [4.69, 9.17) is 0 Å². The first-order valence-corrected chi connectivity index (χ1v) is 8.33. The van der Waals surface area contributed by atoms with E-state index in [-0.39, 0.29) is 11.2 Å². The lowest BCUT2D eigenvalue weighted by atomic mass is 10.3. The Morgan fingerprint density at radius 3 is 2.77 bits per heavy atom. The van der Waals surface area contributed by atoms with E-state index in [0.717, 1.165) is 15.8 Å². The number of halogens is 1. The number of amides is 1. The molecule has 0 radical (unpaired) electrons. The average molecular weight is 377 g/mol. The second kappa shape index (κ2) is 6.50. The van der Waals surface area contributed by atoms with Crippen LogP contribution in [0.4, 0.5) is 5.69 Å². The van der Waals surface area contributed by atoms with E-state index >= 15 is 0 Å². The molecular weight excluding hydrogens is 364 g/mol. The summed E-state index contributed by atoms with van der Waals surface area (Å²) in [7, 11) is 0. The summed E-state index contributed by atoms with van der Waals surface area (Å²) in [5.74, 6) is -0.0694. The fraction of sp³-hybridized carbons (Fsp3) is 0.133. The third-order valence-electron chi connectivity index (χ3n) is 3.05. The molecule has 0 saturated heterocycles. The van der Waals surface area contributed by atoms with Crippen molar-refractivity contribution >= 4 is 44.9 Å². The number of carbonyl (C=O) groups excluding carboxylic acids is 1. The van der Waals surface area contributed by atoms with Crippen LogP contribution < -0.4 is 5.32 Å². The molecule has 0 saturated carbocycles. The van der Waals surface area contributed by atoms with Gasteiger partial charge in [0.15, 0.2) is 10.8 Å². The molecule has 3 aromatic rings. The van der Waals surface area contributed by atoms with Crippen LogP contribution >= 0.6 is 27.7 Å². The van der Waals surface area contributed by atoms with Crippen molar-refractivity contribution in [2.45, 2.75) is 17.3 Å². The Morgan fingerprint density at radius 1 is 1.23 bits per heavy atom. The summed E-state index contributed by atoms with van der Waals surface area (Å²) >= 11 is 4.75. The largest absolute Gasteiger partial charge is 0.325 e. The molecule has 7 heteroatoms. The molecule has 2 heterocycles. The van der Waals surface area contributed by atoms with E-state index < -0.39 is 0 Å². The number of hydrogen-bond donors (Lipinski definition) is 1. The quantitative estimate of drug-likeness (QED) is 0.706. The van der Waals surface area contributed by atoms with Gasteiger partial charge in [0, 0.05) is 16.4 Å². The summed E-state index contributed by atoms with van der Waals surface area (Å²) in [4.78, 5) is 12.3. The molecule has 1 aromatic carbocycles. The Labute approximate surface area is 140 Å². The Morgan fingerprint density at radius 2 is 2.00 bits per heavy atom. The van der Waals surface area contributed by atoms with Gasteiger partial charge in [0.25, 0.3) is 0 Å². The maximum Gasteiger partial charge on any atom is 0.237 e. The Bertz CT molecular complexity index is 803. The summed E-state index contributed by atoms with van der Waals surface area (Å²) in [6.07, 6.45) is 1.89. The number of hydrogen-bond acceptors (Lipinski definition) is 4. The van der Waals surface area contributed by atoms with Crippen molar-refractivity contribution in [1.29, 1.82) is 0 Å². The number of thioether (sulfide) groups is 1. The Kier molecular flexibility index (Phi) is 4.44. The minimum absolute atomic E-state index is 0.0694. The van der Waals surface area contributed by atoms with Gasteiger partial charge in [-0.25, -0.2) is 0 Å². The molecule has 1 atom stereocenters. The van der Waals surface area contributed by atoms with Crippen molar-refractivity contribution in [3.63, 3.8) is 0 Å². The minimum Gasteiger partial charge on any atom is -0.325 e. The van der Waals surface area contributed by atoms with Crippen LogP contribution in [0.1, 0.15) is 6.92 Å². The van der Waals surface area contributed by atoms with Crippen molar-refractivity contribution in [2.24, 2.45) is 0 Å². The van der Waals surface area contributed by atoms with Crippen LogP contribution in [0.25, 0.3) is 5.65 Å². The number of nitrogens with one attached hydrogen (secondary N) is 1. The second-order valence-electron chi connectivity index (χ2n) is 4.67. The van der Waals surface area contributed by atoms with Crippen LogP contribution in [0.15, 0.2) is 58.3 Å². The van der Waals surface area contributed by atoms with E-state index in [1.165, 1.54) is 11.8 Å². The molecule has 0 bridgehead atoms. The molecule has 0 aliphatic carbocycles. The maximum absolute atomic E-state index is 12.3. The standard InChI is InChI=1S/C15H13BrN4OS/c1-10(14(21)17-12-7-5-11(16)6-8-12)22-15-19-18-13-4-2-3-9-20(13)15/h2-10H,1H3,(H,17,21)/t10-/m1/s1. The molecular formula is C15H13BrN4OS. The molecule has 22 heavy (non-hydrogen) atoms. The number of carbonyl (C=O) groups is 1. The molecule has 0 fully saturated rings. The zero-order valence-corrected chi connectivity index (χ0v) is 14.1. The van der Waals surface area contributed by atoms with Crippen molar-refractivity contribution in [1.82, 2.24) is 14.6 Å². The van der Waals surface area contributed by atoms with E-state index in [0.29, 0.717) is 5.16 Å². The van der Waals surface area contributed by atoms with Crippen LogP contribution in [-0.4, -0.2) is 25.8 Å². The molecule has 0 unspecified atom stereocenters. The predicted molar refractivity (Wildman–Crippen MR) is 91.1 cm³/mol. The van der Waals surface area contributed by atoms with Crippen LogP contribution in [0.5, 0.6) is 0 Å². The minimum atomic E-state index is -0.281. The van der Waals surface area contributed by atoms with E-state index in [9.17, 15) is 4.79 Å². The predicted octanol–water partition coefficient (Wildman–Crippen LogP) is 3.61. The highest BCUT2D eigenvalue weighted by atomic mass is 79.9. The van der Waals surface area contributed by atoms with Crippen molar-refractivity contribution in [2.75, 3.05) is 5.32 Å². The third kappa shape index (κ3) is 3.31. The zero-order valence-electron chi connectivity index (χ0n) is 11.7. The zero-order chi connectivity index (χ0) is 15.5. The summed E-state index contributed by atoms with van der Waals surface area (Å²) in [5.41, 5.74) is 1.54. The molecule has 5 nitrogen and oxygen atoms in total. The lowest BCUT2D eigenvalue weighted by Gasteiger charge is -2.11. The summed E-state index contributed by atoms with van der Waals surface area (Å²) in [5, 5.41) is 11.5. The van der Waals surface area contributed by atoms with Gasteiger partial charge in [-0.3, -0.25) is 9.20 Å². The van der Waals surface area contributed by atoms with Crippen molar-refractivity contribution in [3.8, 4) is 0 Å². The molecule has 1 N–H and O–H groups in total. The maximum atomic E-state index is 12.3. The smallest absolute Gasteiger partial charge is 0.237 e. The van der Waals surface area contributed by atoms with E-state index in [1.54, 1.807) is 0 Å². The molecule has 3 rings (SSSR count). The monoisotopic (exact) mass is 376 g/mol. The number of pyridine rings is 1. The summed E-state index contributed by atoms with van der Waals surface area (Å²) < 4.78 is 2.84. The SMILES string of the molecule is C[C@@H](Sc1nnc2ccccn12)C(=O)Nc1ccc(Br)cc1. The Hall–Kier alpha value is -1.86. The second-order valence-corrected chi connectivity index (χ2v) is 6.89. The highest BCUT2D eigenvalue weighted by Gasteiger charge is 2.17. The van der Waals surface area contributed by atoms with Crippen molar-refractivity contribution < 1.29 is 4.79 Å². The normalized spacial score (nSPS) is 12.3. The lowest BCUT2D eigenvalue weighted by molar-refractivity contribution is -0.115. The number of nitrogens with zero attached hydrogens (tertiary/aromatic N) is 3. The summed E-state index contributed by atoms with van der Waals surface area (Å²) in [6.45, 7) is 1.85. The van der Waals surface area contributed by atoms with Gasteiger partial charge >= 0.3 is 0 Å². The van der Waals surface area contributed by atoms with Gasteiger partial charge in [0.1, 0.15) is 0 Å². The van der Waals surface area contributed by atoms with Gasteiger partial charge in [0.05, 0.1) is 5.25 Å². The molecule has 0 aliphatic rings. The van der Waals surface area contributed by atoms with Crippen LogP contribution in [0.2, 0.25) is 0 Å². The van der Waals surface area contributed by atoms with Gasteiger partial charge in [-0.15, -0.1) is 10.2 Å². The van der Waals surface area contributed by atoms with Gasteiger partial charge in [-0.2, -0.15) is 0 Å². The van der Waals surface area contributed by atoms with Gasteiger partial charge in [-0.1, -0.05) is 33.8 Å². The number of fused-ring (bicyclic) bond motifs is 1. The number of anilines is 1. The number of benzene rings is 1. The first-order valence-electron chi connectivity index (χ1n) is 6.66. The van der Waals surface area contributed by atoms with Gasteiger partial charge in [0.2, 0.25) is 5.91 Å². The fourth-order valence-electron chi connectivity index (χ4n) is 1.89. The molecule has 0 spiro atoms. The molecule has 1 amide bonds. The molecule has 2 aromatic heterocycles.